The second-order valence-corrected chi connectivity index (χ2v) is 5.64. The molecule has 22 heavy (non-hydrogen) atoms. The molecule has 1 heterocycles. The molecule has 9 heteroatoms. The van der Waals surface area contributed by atoms with Crippen molar-refractivity contribution in [2.75, 3.05) is 18.5 Å². The maximum Gasteiger partial charge on any atom is 0.236 e. The predicted molar refractivity (Wildman–Crippen MR) is 86.4 cm³/mol. The van der Waals surface area contributed by atoms with Crippen molar-refractivity contribution in [3.05, 3.63) is 34.9 Å². The Bertz CT molecular complexity index is 647. The van der Waals surface area contributed by atoms with Gasteiger partial charge in [-0.2, -0.15) is 4.37 Å². The topological polar surface area (TPSA) is 121 Å². The van der Waals surface area contributed by atoms with Gasteiger partial charge >= 0.3 is 0 Å². The van der Waals surface area contributed by atoms with Gasteiger partial charge in [0.05, 0.1) is 12.7 Å². The lowest BCUT2D eigenvalue weighted by Crippen LogP contribution is -2.34. The van der Waals surface area contributed by atoms with Crippen molar-refractivity contribution in [2.45, 2.75) is 6.10 Å². The molecule has 2 rings (SSSR count). The molecule has 1 unspecified atom stereocenters. The first-order valence-electron chi connectivity index (χ1n) is 6.34. The number of anilines is 2. The third-order valence-electron chi connectivity index (χ3n) is 2.75. The number of benzene rings is 1. The molecule has 0 fully saturated rings. The van der Waals surface area contributed by atoms with Crippen LogP contribution in [0.1, 0.15) is 5.56 Å². The summed E-state index contributed by atoms with van der Waals surface area (Å²) in [6.07, 6.45) is -0.984. The number of amidine groups is 1. The summed E-state index contributed by atoms with van der Waals surface area (Å²) in [5, 5.41) is 42.5. The van der Waals surface area contributed by atoms with E-state index in [0.717, 1.165) is 17.2 Å². The number of rotatable bonds is 6. The van der Waals surface area contributed by atoms with E-state index in [1.165, 1.54) is 0 Å². The molecule has 0 radical (unpaired) electrons. The summed E-state index contributed by atoms with van der Waals surface area (Å²) in [5.41, 5.74) is 0.933. The quantitative estimate of drug-likeness (QED) is 0.349. The van der Waals surface area contributed by atoms with Crippen LogP contribution in [0.15, 0.2) is 24.3 Å². The molecule has 118 valence electrons. The molecule has 2 aromatic rings. The van der Waals surface area contributed by atoms with Crippen LogP contribution in [-0.4, -0.2) is 44.8 Å². The SMILES string of the molecule is N=C(NCC(O)CO)c1c(O)nsc1Nc1ccc(Cl)cc1. The highest BCUT2D eigenvalue weighted by Gasteiger charge is 2.18. The van der Waals surface area contributed by atoms with E-state index in [9.17, 15) is 10.2 Å². The van der Waals surface area contributed by atoms with E-state index in [0.29, 0.717) is 10.0 Å². The van der Waals surface area contributed by atoms with Crippen molar-refractivity contribution >= 4 is 39.7 Å². The number of halogens is 1. The van der Waals surface area contributed by atoms with Crippen LogP contribution in [0.3, 0.4) is 0 Å². The van der Waals surface area contributed by atoms with Gasteiger partial charge in [-0.25, -0.2) is 0 Å². The highest BCUT2D eigenvalue weighted by molar-refractivity contribution is 7.11. The molecule has 7 nitrogen and oxygen atoms in total. The van der Waals surface area contributed by atoms with Gasteiger partial charge in [-0.05, 0) is 35.8 Å². The fourth-order valence-electron chi connectivity index (χ4n) is 1.63. The van der Waals surface area contributed by atoms with E-state index < -0.39 is 12.7 Å². The minimum absolute atomic E-state index is 0.00892. The van der Waals surface area contributed by atoms with Crippen LogP contribution in [0.5, 0.6) is 5.88 Å². The Morgan fingerprint density at radius 2 is 2.05 bits per heavy atom. The zero-order valence-corrected chi connectivity index (χ0v) is 12.9. The van der Waals surface area contributed by atoms with Gasteiger partial charge < -0.3 is 26.0 Å². The van der Waals surface area contributed by atoms with Gasteiger partial charge in [0, 0.05) is 17.3 Å². The molecule has 0 amide bonds. The molecule has 6 N–H and O–H groups in total. The third kappa shape index (κ3) is 4.08. The molecule has 0 aliphatic heterocycles. The maximum absolute atomic E-state index is 9.79. The van der Waals surface area contributed by atoms with Crippen LogP contribution in [0.25, 0.3) is 0 Å². The number of aliphatic hydroxyl groups is 2. The van der Waals surface area contributed by atoms with E-state index in [1.807, 2.05) is 0 Å². The number of nitrogens with one attached hydrogen (secondary N) is 3. The second kappa shape index (κ2) is 7.41. The lowest BCUT2D eigenvalue weighted by Gasteiger charge is -2.12. The van der Waals surface area contributed by atoms with Crippen LogP contribution < -0.4 is 10.6 Å². The molecular formula is C13H15ClN4O3S. The van der Waals surface area contributed by atoms with Crippen LogP contribution in [-0.2, 0) is 0 Å². The van der Waals surface area contributed by atoms with Crippen molar-refractivity contribution in [1.29, 1.82) is 5.41 Å². The molecule has 0 aliphatic rings. The van der Waals surface area contributed by atoms with E-state index in [1.54, 1.807) is 24.3 Å². The van der Waals surface area contributed by atoms with Gasteiger partial charge in [0.15, 0.2) is 0 Å². The Kier molecular flexibility index (Phi) is 5.56. The van der Waals surface area contributed by atoms with Crippen molar-refractivity contribution < 1.29 is 15.3 Å². The summed E-state index contributed by atoms with van der Waals surface area (Å²) in [4.78, 5) is 0. The second-order valence-electron chi connectivity index (χ2n) is 4.43. The molecule has 1 aromatic heterocycles. The Morgan fingerprint density at radius 1 is 1.36 bits per heavy atom. The first-order valence-corrected chi connectivity index (χ1v) is 7.49. The Morgan fingerprint density at radius 3 is 2.68 bits per heavy atom. The zero-order valence-electron chi connectivity index (χ0n) is 11.4. The normalized spacial score (nSPS) is 12.0. The Hall–Kier alpha value is -1.87. The van der Waals surface area contributed by atoms with E-state index >= 15 is 0 Å². The lowest BCUT2D eigenvalue weighted by molar-refractivity contribution is 0.0982. The van der Waals surface area contributed by atoms with E-state index in [2.05, 4.69) is 15.0 Å². The van der Waals surface area contributed by atoms with Gasteiger partial charge in [0.1, 0.15) is 16.4 Å². The molecular weight excluding hydrogens is 328 g/mol. The molecule has 0 saturated heterocycles. The molecule has 0 saturated carbocycles. The number of aromatic hydroxyl groups is 1. The number of hydrogen-bond acceptors (Lipinski definition) is 7. The van der Waals surface area contributed by atoms with E-state index in [4.69, 9.17) is 22.1 Å². The maximum atomic E-state index is 9.79. The monoisotopic (exact) mass is 342 g/mol. The minimum atomic E-state index is -0.984. The van der Waals surface area contributed by atoms with Crippen LogP contribution in [0.4, 0.5) is 10.7 Å². The molecule has 0 spiro atoms. The third-order valence-corrected chi connectivity index (χ3v) is 3.76. The minimum Gasteiger partial charge on any atom is -0.492 e. The van der Waals surface area contributed by atoms with Gasteiger partial charge in [-0.3, -0.25) is 5.41 Å². The number of aliphatic hydroxyl groups excluding tert-OH is 2. The van der Waals surface area contributed by atoms with Crippen molar-refractivity contribution in [2.24, 2.45) is 0 Å². The Balaban J connectivity index is 2.13. The summed E-state index contributed by atoms with van der Waals surface area (Å²) in [6.45, 7) is -0.422. The van der Waals surface area contributed by atoms with Gasteiger partial charge in [-0.1, -0.05) is 11.6 Å². The van der Waals surface area contributed by atoms with Gasteiger partial charge in [-0.15, -0.1) is 0 Å². The summed E-state index contributed by atoms with van der Waals surface area (Å²) >= 11 is 6.83. The Labute approximate surface area is 135 Å². The van der Waals surface area contributed by atoms with E-state index in [-0.39, 0.29) is 23.8 Å². The molecule has 0 bridgehead atoms. The molecule has 1 atom stereocenters. The van der Waals surface area contributed by atoms with Gasteiger partial charge in [0.25, 0.3) is 0 Å². The average molecular weight is 343 g/mol. The molecule has 0 aliphatic carbocycles. The summed E-state index contributed by atoms with van der Waals surface area (Å²) < 4.78 is 3.81. The first-order chi connectivity index (χ1) is 10.5. The predicted octanol–water partition coefficient (Wildman–Crippen LogP) is 1.51. The number of nitrogens with zero attached hydrogens (tertiary/aromatic N) is 1. The van der Waals surface area contributed by atoms with Crippen molar-refractivity contribution in [1.82, 2.24) is 9.69 Å². The summed E-state index contributed by atoms with van der Waals surface area (Å²) in [5.74, 6) is -0.382. The van der Waals surface area contributed by atoms with Crippen molar-refractivity contribution in [3.63, 3.8) is 0 Å². The first kappa shape index (κ1) is 16.5. The highest BCUT2D eigenvalue weighted by Crippen LogP contribution is 2.32. The fraction of sp³-hybridized carbons (Fsp3) is 0.231. The summed E-state index contributed by atoms with van der Waals surface area (Å²) in [7, 11) is 0. The van der Waals surface area contributed by atoms with Crippen LogP contribution in [0, 0.1) is 5.41 Å². The largest absolute Gasteiger partial charge is 0.492 e. The lowest BCUT2D eigenvalue weighted by atomic mass is 10.2. The molecule has 1 aromatic carbocycles. The zero-order chi connectivity index (χ0) is 16.1. The van der Waals surface area contributed by atoms with Crippen LogP contribution >= 0.6 is 23.1 Å². The summed E-state index contributed by atoms with van der Waals surface area (Å²) in [6, 6.07) is 6.95. The standard InChI is InChI=1S/C13H15ClN4O3S/c14-7-1-3-8(4-2-7)17-13-10(12(21)18-22-13)11(15)16-5-9(20)6-19/h1-4,9,17,19-20H,5-6H2,(H2,15,16)(H,18,21). The average Bonchev–Trinajstić information content (AvgIpc) is 2.87. The smallest absolute Gasteiger partial charge is 0.236 e. The fourth-order valence-corrected chi connectivity index (χ4v) is 2.47. The number of hydrogen-bond donors (Lipinski definition) is 6. The van der Waals surface area contributed by atoms with Crippen LogP contribution in [0.2, 0.25) is 5.02 Å². The van der Waals surface area contributed by atoms with Crippen molar-refractivity contribution in [3.8, 4) is 5.88 Å². The highest BCUT2D eigenvalue weighted by atomic mass is 35.5. The number of aromatic nitrogens is 1. The van der Waals surface area contributed by atoms with Gasteiger partial charge in [0.2, 0.25) is 5.88 Å².